The lowest BCUT2D eigenvalue weighted by Gasteiger charge is -2.12. The standard InChI is InChI=1S/C44H56N4S5/c1-5-9-13-17-23-45-29-21-27-49-37(29)39-31(45)33-41(51-39)43-35(47(33)25-19-15-11-7-3)36-44(53-43)42-34(48(36)26-20-16-12-8-4)32-40(52-42)38-30(22-28-50-38)46(32)24-18-14-10-6-2/h21-22,27-28H,5-20,23-26H2,1-4H3. The quantitative estimate of drug-likeness (QED) is 0.0684. The third kappa shape index (κ3) is 5.96. The first-order valence-corrected chi connectivity index (χ1v) is 25.2. The van der Waals surface area contributed by atoms with Crippen molar-refractivity contribution in [1.82, 2.24) is 18.3 Å². The Morgan fingerprint density at radius 3 is 0.943 bits per heavy atom. The summed E-state index contributed by atoms with van der Waals surface area (Å²) in [7, 11) is 0. The van der Waals surface area contributed by atoms with Crippen molar-refractivity contribution in [2.45, 2.75) is 157 Å². The van der Waals surface area contributed by atoms with Crippen molar-refractivity contribution < 1.29 is 0 Å². The van der Waals surface area contributed by atoms with Crippen molar-refractivity contribution in [3.8, 4) is 0 Å². The van der Waals surface area contributed by atoms with E-state index in [0.29, 0.717) is 0 Å². The Labute approximate surface area is 334 Å². The molecule has 0 aromatic carbocycles. The zero-order valence-corrected chi connectivity index (χ0v) is 36.4. The molecule has 0 unspecified atom stereocenters. The zero-order valence-electron chi connectivity index (χ0n) is 32.3. The van der Waals surface area contributed by atoms with Crippen molar-refractivity contribution >= 4 is 138 Å². The van der Waals surface area contributed by atoms with Crippen LogP contribution in [-0.4, -0.2) is 18.3 Å². The summed E-state index contributed by atoms with van der Waals surface area (Å²) in [5, 5.41) is 4.65. The summed E-state index contributed by atoms with van der Waals surface area (Å²) in [6.07, 6.45) is 20.7. The molecule has 282 valence electrons. The monoisotopic (exact) mass is 800 g/mol. The van der Waals surface area contributed by atoms with Gasteiger partial charge in [-0.3, -0.25) is 0 Å². The summed E-state index contributed by atoms with van der Waals surface area (Å²) in [4.78, 5) is 0. The maximum absolute atomic E-state index is 2.86. The predicted octanol–water partition coefficient (Wildman–Crippen LogP) is 16.7. The fourth-order valence-corrected chi connectivity index (χ4v) is 15.5. The highest BCUT2D eigenvalue weighted by molar-refractivity contribution is 7.38. The summed E-state index contributed by atoms with van der Waals surface area (Å²) in [6, 6.07) is 4.80. The van der Waals surface area contributed by atoms with Crippen molar-refractivity contribution in [2.24, 2.45) is 0 Å². The number of thiophene rings is 5. The van der Waals surface area contributed by atoms with Crippen LogP contribution in [0.15, 0.2) is 22.9 Å². The molecule has 0 aliphatic rings. The molecule has 0 fully saturated rings. The smallest absolute Gasteiger partial charge is 0.0858 e. The molecule has 0 N–H and O–H groups in total. The fraction of sp³-hybridized carbons (Fsp3) is 0.545. The van der Waals surface area contributed by atoms with E-state index in [1.54, 1.807) is 29.8 Å². The van der Waals surface area contributed by atoms with Gasteiger partial charge in [-0.2, -0.15) is 0 Å². The van der Waals surface area contributed by atoms with Gasteiger partial charge in [0.05, 0.1) is 81.7 Å². The topological polar surface area (TPSA) is 19.7 Å². The van der Waals surface area contributed by atoms with Crippen molar-refractivity contribution in [2.75, 3.05) is 0 Å². The van der Waals surface area contributed by atoms with Crippen LogP contribution >= 0.6 is 56.7 Å². The van der Waals surface area contributed by atoms with E-state index in [4.69, 9.17) is 0 Å². The molecule has 9 aromatic heterocycles. The molecule has 9 aromatic rings. The molecule has 9 heterocycles. The van der Waals surface area contributed by atoms with E-state index in [2.05, 4.69) is 103 Å². The second kappa shape index (κ2) is 15.7. The number of aryl methyl sites for hydroxylation is 4. The van der Waals surface area contributed by atoms with Gasteiger partial charge in [-0.15, -0.1) is 56.7 Å². The predicted molar refractivity (Wildman–Crippen MR) is 244 cm³/mol. The maximum Gasteiger partial charge on any atom is 0.0858 e. The maximum atomic E-state index is 2.86. The van der Waals surface area contributed by atoms with E-state index in [9.17, 15) is 0 Å². The van der Waals surface area contributed by atoms with Crippen molar-refractivity contribution in [3.63, 3.8) is 0 Å². The first kappa shape index (κ1) is 36.3. The molecule has 0 aliphatic heterocycles. The Morgan fingerprint density at radius 2 is 0.623 bits per heavy atom. The van der Waals surface area contributed by atoms with Gasteiger partial charge in [-0.25, -0.2) is 0 Å². The summed E-state index contributed by atoms with van der Waals surface area (Å²) in [5.41, 5.74) is 12.1. The summed E-state index contributed by atoms with van der Waals surface area (Å²) in [5.74, 6) is 0. The number of hydrogen-bond acceptors (Lipinski definition) is 5. The van der Waals surface area contributed by atoms with Crippen LogP contribution in [0, 0.1) is 0 Å². The van der Waals surface area contributed by atoms with E-state index in [-0.39, 0.29) is 0 Å². The third-order valence-electron chi connectivity index (χ3n) is 11.8. The lowest BCUT2D eigenvalue weighted by molar-refractivity contribution is 0.593. The Kier molecular flexibility index (Phi) is 10.8. The van der Waals surface area contributed by atoms with E-state index in [0.717, 1.165) is 26.2 Å². The molecule has 0 saturated heterocycles. The summed E-state index contributed by atoms with van der Waals surface area (Å²) in [6.45, 7) is 13.8. The molecular formula is C44H56N4S5. The zero-order chi connectivity index (χ0) is 36.1. The molecular weight excluding hydrogens is 745 g/mol. The molecule has 0 bridgehead atoms. The number of nitrogens with zero attached hydrogens (tertiary/aromatic N) is 4. The van der Waals surface area contributed by atoms with Gasteiger partial charge in [-0.1, -0.05) is 105 Å². The molecule has 0 radical (unpaired) electrons. The van der Waals surface area contributed by atoms with Crippen molar-refractivity contribution in [3.05, 3.63) is 22.9 Å². The van der Waals surface area contributed by atoms with Gasteiger partial charge in [0.1, 0.15) is 0 Å². The van der Waals surface area contributed by atoms with Crippen LogP contribution in [-0.2, 0) is 26.2 Å². The molecule has 9 rings (SSSR count). The van der Waals surface area contributed by atoms with E-state index < -0.39 is 0 Å². The van der Waals surface area contributed by atoms with Gasteiger partial charge >= 0.3 is 0 Å². The molecule has 0 spiro atoms. The van der Waals surface area contributed by atoms with Gasteiger partial charge < -0.3 is 18.3 Å². The van der Waals surface area contributed by atoms with Crippen LogP contribution in [0.25, 0.3) is 81.7 Å². The number of aromatic nitrogens is 4. The second-order valence-corrected chi connectivity index (χ2v) is 20.4. The van der Waals surface area contributed by atoms with Crippen LogP contribution in [0.5, 0.6) is 0 Å². The molecule has 0 amide bonds. The van der Waals surface area contributed by atoms with Gasteiger partial charge in [0.25, 0.3) is 0 Å². The fourth-order valence-electron chi connectivity index (χ4n) is 9.20. The van der Waals surface area contributed by atoms with Gasteiger partial charge in [-0.05, 0) is 48.6 Å². The van der Waals surface area contributed by atoms with Crippen molar-refractivity contribution in [1.29, 1.82) is 0 Å². The van der Waals surface area contributed by atoms with E-state index in [1.165, 1.54) is 155 Å². The van der Waals surface area contributed by atoms with Crippen LogP contribution in [0.1, 0.15) is 130 Å². The van der Waals surface area contributed by atoms with E-state index in [1.807, 2.05) is 22.7 Å². The molecule has 9 heteroatoms. The first-order valence-electron chi connectivity index (χ1n) is 21.0. The van der Waals surface area contributed by atoms with Crippen LogP contribution < -0.4 is 0 Å². The summed E-state index contributed by atoms with van der Waals surface area (Å²) < 4.78 is 23.5. The average Bonchev–Trinajstić information content (AvgIpc) is 4.01. The second-order valence-electron chi connectivity index (χ2n) is 15.5. The first-order chi connectivity index (χ1) is 26.2. The number of fused-ring (bicyclic) bond motifs is 15. The number of hydrogen-bond donors (Lipinski definition) is 0. The van der Waals surface area contributed by atoms with Gasteiger partial charge in [0.15, 0.2) is 0 Å². The molecule has 0 saturated carbocycles. The average molecular weight is 801 g/mol. The molecule has 4 nitrogen and oxygen atoms in total. The highest BCUT2D eigenvalue weighted by Gasteiger charge is 2.30. The minimum Gasteiger partial charge on any atom is -0.337 e. The van der Waals surface area contributed by atoms with Gasteiger partial charge in [0, 0.05) is 26.2 Å². The number of rotatable bonds is 20. The molecule has 0 atom stereocenters. The normalized spacial score (nSPS) is 12.9. The Balaban J connectivity index is 1.32. The lowest BCUT2D eigenvalue weighted by Crippen LogP contribution is -2.04. The third-order valence-corrected chi connectivity index (χ3v) is 17.8. The highest BCUT2D eigenvalue weighted by atomic mass is 32.1. The largest absolute Gasteiger partial charge is 0.337 e. The molecule has 53 heavy (non-hydrogen) atoms. The summed E-state index contributed by atoms with van der Waals surface area (Å²) >= 11 is 10.2. The minimum atomic E-state index is 1.11. The molecule has 0 aliphatic carbocycles. The SMILES string of the molecule is CCCCCCn1c2ccsc2c2sc3c4sc5c6sc7c8sccc8n(CCCCCC)c7c6n(CCCCCC)c5c4n(CCCCCC)c3c21. The van der Waals surface area contributed by atoms with E-state index >= 15 is 0 Å². The highest BCUT2D eigenvalue weighted by Crippen LogP contribution is 2.55. The Bertz CT molecular complexity index is 2470. The minimum absolute atomic E-state index is 1.11. The van der Waals surface area contributed by atoms with Gasteiger partial charge in [0.2, 0.25) is 0 Å². The Morgan fingerprint density at radius 1 is 0.340 bits per heavy atom. The lowest BCUT2D eigenvalue weighted by atomic mass is 10.2. The van der Waals surface area contributed by atoms with Crippen LogP contribution in [0.3, 0.4) is 0 Å². The van der Waals surface area contributed by atoms with Crippen LogP contribution in [0.2, 0.25) is 0 Å². The Hall–Kier alpha value is -2.30. The van der Waals surface area contributed by atoms with Crippen LogP contribution in [0.4, 0.5) is 0 Å². The number of unbranched alkanes of at least 4 members (excludes halogenated alkanes) is 12.